The molecule has 0 saturated carbocycles. The van der Waals surface area contributed by atoms with Crippen LogP contribution in [0.3, 0.4) is 0 Å². The second kappa shape index (κ2) is 11.1. The van der Waals surface area contributed by atoms with Crippen LogP contribution in [0.1, 0.15) is 48.6 Å². The molecular weight excluding hydrogens is 476 g/mol. The normalized spacial score (nSPS) is 14.4. The molecule has 7 nitrogen and oxygen atoms in total. The maximum atomic E-state index is 10.1. The third-order valence-electron chi connectivity index (χ3n) is 6.45. The van der Waals surface area contributed by atoms with Crippen molar-refractivity contribution in [3.8, 4) is 29.1 Å². The van der Waals surface area contributed by atoms with Gasteiger partial charge in [-0.05, 0) is 48.7 Å². The van der Waals surface area contributed by atoms with E-state index < -0.39 is 5.92 Å². The molecule has 1 aliphatic rings. The van der Waals surface area contributed by atoms with Gasteiger partial charge in [-0.3, -0.25) is 0 Å². The van der Waals surface area contributed by atoms with Crippen LogP contribution in [0, 0.1) is 11.3 Å². The summed E-state index contributed by atoms with van der Waals surface area (Å²) in [6.07, 6.45) is 1.62. The van der Waals surface area contributed by atoms with E-state index in [0.29, 0.717) is 36.2 Å². The maximum Gasteiger partial charge on any atom is 0.229 e. The summed E-state index contributed by atoms with van der Waals surface area (Å²) in [5, 5.41) is 15.1. The molecule has 1 aliphatic heterocycles. The summed E-state index contributed by atoms with van der Waals surface area (Å²) in [4.78, 5) is 0. The van der Waals surface area contributed by atoms with E-state index in [1.165, 1.54) is 0 Å². The van der Waals surface area contributed by atoms with Crippen LogP contribution >= 0.6 is 0 Å². The van der Waals surface area contributed by atoms with Gasteiger partial charge in [-0.1, -0.05) is 67.9 Å². The Balaban J connectivity index is 1.61. The fraction of sp³-hybridized carbons (Fsp3) is 0.226. The Hall–Kier alpha value is -4.70. The Kier molecular flexibility index (Phi) is 7.32. The van der Waals surface area contributed by atoms with Gasteiger partial charge >= 0.3 is 0 Å². The molecule has 0 amide bonds. The lowest BCUT2D eigenvalue weighted by molar-refractivity contribution is 0.269. The molecule has 0 aliphatic carbocycles. The summed E-state index contributed by atoms with van der Waals surface area (Å²) in [7, 11) is 0. The number of nitrogens with zero attached hydrogens (tertiary/aromatic N) is 3. The van der Waals surface area contributed by atoms with Crippen LogP contribution in [0.5, 0.6) is 17.4 Å². The quantitative estimate of drug-likeness (QED) is 0.298. The van der Waals surface area contributed by atoms with E-state index in [1.54, 1.807) is 4.68 Å². The summed E-state index contributed by atoms with van der Waals surface area (Å²) in [5.41, 5.74) is 11.2. The lowest BCUT2D eigenvalue weighted by Gasteiger charge is -2.26. The van der Waals surface area contributed by atoms with E-state index in [1.807, 2.05) is 85.8 Å². The minimum atomic E-state index is -0.454. The molecule has 0 fully saturated rings. The number of nitrogens with two attached hydrogens (primary N) is 1. The second-order valence-electron chi connectivity index (χ2n) is 9.00. The molecule has 0 radical (unpaired) electrons. The van der Waals surface area contributed by atoms with Crippen molar-refractivity contribution < 1.29 is 14.2 Å². The van der Waals surface area contributed by atoms with Crippen LogP contribution in [0.25, 0.3) is 5.69 Å². The van der Waals surface area contributed by atoms with E-state index >= 15 is 0 Å². The third-order valence-corrected chi connectivity index (χ3v) is 6.45. The van der Waals surface area contributed by atoms with E-state index in [2.05, 4.69) is 13.0 Å². The molecule has 7 heteroatoms. The summed E-state index contributed by atoms with van der Waals surface area (Å²) in [6, 6.07) is 27.8. The van der Waals surface area contributed by atoms with Gasteiger partial charge in [0.15, 0.2) is 11.5 Å². The van der Waals surface area contributed by atoms with Gasteiger partial charge in [-0.15, -0.1) is 0 Å². The van der Waals surface area contributed by atoms with Gasteiger partial charge in [0.1, 0.15) is 18.2 Å². The van der Waals surface area contributed by atoms with E-state index in [-0.39, 0.29) is 5.88 Å². The number of para-hydroxylation sites is 1. The van der Waals surface area contributed by atoms with Crippen LogP contribution in [-0.2, 0) is 13.0 Å². The molecule has 0 saturated heterocycles. The fourth-order valence-electron chi connectivity index (χ4n) is 4.74. The van der Waals surface area contributed by atoms with Crippen molar-refractivity contribution in [3.05, 3.63) is 113 Å². The number of benzene rings is 3. The highest BCUT2D eigenvalue weighted by atomic mass is 16.5. The Morgan fingerprint density at radius 3 is 2.39 bits per heavy atom. The van der Waals surface area contributed by atoms with Crippen molar-refractivity contribution in [2.24, 2.45) is 5.73 Å². The van der Waals surface area contributed by atoms with Crippen molar-refractivity contribution in [3.63, 3.8) is 0 Å². The molecule has 2 heterocycles. The standard InChI is InChI=1S/C31H30N4O3/c1-3-11-25-29-28(24(19-32)30(33)38-31(29)35(34-25)23-14-9-6-10-15-23)22-16-17-26(27(18-22)36-4-2)37-20-21-12-7-5-8-13-21/h5-10,12-18,28H,3-4,11,20,33H2,1-2H3. The number of nitriles is 1. The van der Waals surface area contributed by atoms with Gasteiger partial charge in [-0.25, -0.2) is 4.68 Å². The maximum absolute atomic E-state index is 10.1. The number of rotatable bonds is 9. The van der Waals surface area contributed by atoms with Crippen LogP contribution in [0.4, 0.5) is 0 Å². The lowest BCUT2D eigenvalue weighted by atomic mass is 9.83. The average molecular weight is 507 g/mol. The fourth-order valence-corrected chi connectivity index (χ4v) is 4.74. The van der Waals surface area contributed by atoms with Crippen LogP contribution in [-0.4, -0.2) is 16.4 Å². The monoisotopic (exact) mass is 506 g/mol. The summed E-state index contributed by atoms with van der Waals surface area (Å²) < 4.78 is 19.9. The summed E-state index contributed by atoms with van der Waals surface area (Å²) in [5.74, 6) is 1.40. The zero-order valence-electron chi connectivity index (χ0n) is 21.6. The minimum Gasteiger partial charge on any atom is -0.490 e. The van der Waals surface area contributed by atoms with E-state index in [4.69, 9.17) is 25.0 Å². The van der Waals surface area contributed by atoms with Gasteiger partial charge in [-0.2, -0.15) is 10.4 Å². The Morgan fingerprint density at radius 2 is 1.71 bits per heavy atom. The van der Waals surface area contributed by atoms with E-state index in [9.17, 15) is 5.26 Å². The average Bonchev–Trinajstić information content (AvgIpc) is 3.30. The zero-order valence-corrected chi connectivity index (χ0v) is 21.6. The molecule has 0 spiro atoms. The van der Waals surface area contributed by atoms with Crippen LogP contribution < -0.4 is 19.9 Å². The molecule has 2 N–H and O–H groups in total. The molecule has 0 bridgehead atoms. The molecule has 4 aromatic rings. The minimum absolute atomic E-state index is 0.0764. The Labute approximate surface area is 222 Å². The smallest absolute Gasteiger partial charge is 0.229 e. The highest BCUT2D eigenvalue weighted by Crippen LogP contribution is 2.46. The SMILES string of the molecule is CCCc1nn(-c2ccccc2)c2c1C(c1ccc(OCc3ccccc3)c(OCC)c1)C(C#N)=C(N)O2. The van der Waals surface area contributed by atoms with Crippen molar-refractivity contribution in [2.75, 3.05) is 6.61 Å². The first-order valence-electron chi connectivity index (χ1n) is 12.8. The van der Waals surface area contributed by atoms with Crippen molar-refractivity contribution in [1.82, 2.24) is 9.78 Å². The molecular formula is C31H30N4O3. The number of ether oxygens (including phenoxy) is 3. The predicted molar refractivity (Wildman–Crippen MR) is 145 cm³/mol. The Bertz CT molecular complexity index is 1490. The molecule has 5 rings (SSSR count). The summed E-state index contributed by atoms with van der Waals surface area (Å²) >= 11 is 0. The molecule has 192 valence electrons. The molecule has 1 unspecified atom stereocenters. The van der Waals surface area contributed by atoms with Crippen LogP contribution in [0.15, 0.2) is 90.3 Å². The number of hydrogen-bond donors (Lipinski definition) is 1. The van der Waals surface area contributed by atoms with Gasteiger partial charge < -0.3 is 19.9 Å². The first kappa shape index (κ1) is 25.0. The highest BCUT2D eigenvalue weighted by Gasteiger charge is 2.37. The lowest BCUT2D eigenvalue weighted by Crippen LogP contribution is -2.22. The topological polar surface area (TPSA) is 95.3 Å². The first-order chi connectivity index (χ1) is 18.6. The zero-order chi connectivity index (χ0) is 26.5. The molecule has 1 atom stereocenters. The number of hydrogen-bond acceptors (Lipinski definition) is 6. The number of allylic oxidation sites excluding steroid dienone is 1. The van der Waals surface area contributed by atoms with E-state index in [0.717, 1.165) is 40.9 Å². The largest absolute Gasteiger partial charge is 0.490 e. The van der Waals surface area contributed by atoms with Gasteiger partial charge in [0.25, 0.3) is 0 Å². The second-order valence-corrected chi connectivity index (χ2v) is 9.00. The molecule has 38 heavy (non-hydrogen) atoms. The van der Waals surface area contributed by atoms with Crippen molar-refractivity contribution >= 4 is 0 Å². The van der Waals surface area contributed by atoms with Gasteiger partial charge in [0.2, 0.25) is 11.8 Å². The first-order valence-corrected chi connectivity index (χ1v) is 12.8. The van der Waals surface area contributed by atoms with Crippen molar-refractivity contribution in [2.45, 2.75) is 39.2 Å². The third kappa shape index (κ3) is 4.81. The number of aryl methyl sites for hydroxylation is 1. The van der Waals surface area contributed by atoms with Crippen molar-refractivity contribution in [1.29, 1.82) is 5.26 Å². The van der Waals surface area contributed by atoms with Gasteiger partial charge in [0, 0.05) is 0 Å². The number of fused-ring (bicyclic) bond motifs is 1. The Morgan fingerprint density at radius 1 is 0.974 bits per heavy atom. The molecule has 1 aromatic heterocycles. The summed E-state index contributed by atoms with van der Waals surface area (Å²) in [6.45, 7) is 4.93. The van der Waals surface area contributed by atoms with Gasteiger partial charge in [0.05, 0.1) is 29.5 Å². The highest BCUT2D eigenvalue weighted by molar-refractivity contribution is 5.59. The molecule has 3 aromatic carbocycles. The predicted octanol–water partition coefficient (Wildman–Crippen LogP) is 6.02. The number of aromatic nitrogens is 2. The van der Waals surface area contributed by atoms with Crippen LogP contribution in [0.2, 0.25) is 0 Å².